The van der Waals surface area contributed by atoms with Gasteiger partial charge in [0.2, 0.25) is 9.84 Å². The fourth-order valence-corrected chi connectivity index (χ4v) is 3.98. The zero-order valence-corrected chi connectivity index (χ0v) is 16.1. The van der Waals surface area contributed by atoms with Gasteiger partial charge in [-0.1, -0.05) is 12.1 Å². The quantitative estimate of drug-likeness (QED) is 0.751. The molecule has 1 aromatic carbocycles. The van der Waals surface area contributed by atoms with E-state index in [1.54, 1.807) is 6.07 Å². The largest absolute Gasteiger partial charge is 0.458 e. The van der Waals surface area contributed by atoms with Gasteiger partial charge in [0.15, 0.2) is 0 Å². The van der Waals surface area contributed by atoms with Gasteiger partial charge in [0.25, 0.3) is 5.91 Å². The fraction of sp³-hybridized carbons (Fsp3) is 0.389. The Morgan fingerprint density at radius 2 is 1.86 bits per heavy atom. The van der Waals surface area contributed by atoms with Gasteiger partial charge in [0.1, 0.15) is 6.10 Å². The molecule has 1 aliphatic rings. The summed E-state index contributed by atoms with van der Waals surface area (Å²) in [7, 11) is -4.89. The highest BCUT2D eigenvalue weighted by Crippen LogP contribution is 2.25. The van der Waals surface area contributed by atoms with Crippen LogP contribution in [0.5, 0.6) is 6.01 Å². The highest BCUT2D eigenvalue weighted by Gasteiger charge is 2.34. The van der Waals surface area contributed by atoms with E-state index in [9.17, 15) is 22.0 Å². The molecule has 2 aromatic rings. The van der Waals surface area contributed by atoms with Crippen molar-refractivity contribution >= 4 is 15.7 Å². The highest BCUT2D eigenvalue weighted by atomic mass is 32.2. The Morgan fingerprint density at radius 3 is 2.50 bits per heavy atom. The molecule has 0 aliphatic carbocycles. The van der Waals surface area contributed by atoms with Crippen LogP contribution in [-0.4, -0.2) is 54.1 Å². The van der Waals surface area contributed by atoms with Crippen molar-refractivity contribution in [3.63, 3.8) is 0 Å². The number of benzene rings is 1. The maximum Gasteiger partial charge on any atom is 0.341 e. The minimum Gasteiger partial charge on any atom is -0.458 e. The molecule has 10 heteroatoms. The molecule has 7 nitrogen and oxygen atoms in total. The van der Waals surface area contributed by atoms with Gasteiger partial charge in [-0.3, -0.25) is 4.79 Å². The van der Waals surface area contributed by atoms with Crippen LogP contribution in [0.25, 0.3) is 0 Å². The summed E-state index contributed by atoms with van der Waals surface area (Å²) >= 11 is 0. The summed E-state index contributed by atoms with van der Waals surface area (Å²) in [6, 6.07) is 7.00. The molecule has 0 spiro atoms. The van der Waals surface area contributed by atoms with Gasteiger partial charge in [-0.05, 0) is 32.0 Å². The first kappa shape index (κ1) is 20.1. The maximum atomic E-state index is 12.9. The number of aryl methyl sites for hydroxylation is 2. The maximum absolute atomic E-state index is 12.9. The van der Waals surface area contributed by atoms with Crippen LogP contribution in [-0.2, 0) is 9.84 Å². The molecule has 2 heterocycles. The number of aromatic nitrogens is 2. The third-order valence-electron chi connectivity index (χ3n) is 4.32. The van der Waals surface area contributed by atoms with Crippen LogP contribution in [0.2, 0.25) is 0 Å². The number of hydrogen-bond donors (Lipinski definition) is 0. The molecule has 0 bridgehead atoms. The highest BCUT2D eigenvalue weighted by molar-refractivity contribution is 7.91. The third-order valence-corrected chi connectivity index (χ3v) is 5.76. The van der Waals surface area contributed by atoms with E-state index in [-0.39, 0.29) is 24.2 Å². The Hall–Kier alpha value is -2.62. The van der Waals surface area contributed by atoms with E-state index in [0.29, 0.717) is 13.0 Å². The molecular formula is C18H19F2N3O4S. The first-order valence-electron chi connectivity index (χ1n) is 8.58. The van der Waals surface area contributed by atoms with Crippen LogP contribution in [0.3, 0.4) is 0 Å². The summed E-state index contributed by atoms with van der Waals surface area (Å²) in [5.41, 5.74) is 1.23. The summed E-state index contributed by atoms with van der Waals surface area (Å²) < 4.78 is 55.4. The summed E-state index contributed by atoms with van der Waals surface area (Å²) in [6.45, 7) is 4.11. The number of hydrogen-bond acceptors (Lipinski definition) is 6. The third kappa shape index (κ3) is 4.11. The van der Waals surface area contributed by atoms with Crippen LogP contribution in [0, 0.1) is 13.8 Å². The Balaban J connectivity index is 1.77. The molecule has 28 heavy (non-hydrogen) atoms. The van der Waals surface area contributed by atoms with E-state index in [1.807, 2.05) is 13.8 Å². The number of carbonyl (C=O) groups excluding carboxylic acids is 1. The molecule has 150 valence electrons. The molecule has 1 atom stereocenters. The monoisotopic (exact) mass is 411 g/mol. The summed E-state index contributed by atoms with van der Waals surface area (Å²) in [5, 5.41) is 0. The molecule has 1 saturated heterocycles. The van der Waals surface area contributed by atoms with Crippen molar-refractivity contribution in [3.8, 4) is 6.01 Å². The second kappa shape index (κ2) is 7.78. The van der Waals surface area contributed by atoms with Gasteiger partial charge in [0, 0.05) is 24.4 Å². The van der Waals surface area contributed by atoms with E-state index in [2.05, 4.69) is 9.97 Å². The SMILES string of the molecule is Cc1cc(C)nc(O[C@@H]2CCN(C(=O)c3ccccc3S(=O)(=O)C(F)F)C2)n1. The average molecular weight is 411 g/mol. The lowest BCUT2D eigenvalue weighted by molar-refractivity contribution is 0.0765. The fourth-order valence-electron chi connectivity index (χ4n) is 3.06. The van der Waals surface area contributed by atoms with Gasteiger partial charge in [-0.2, -0.15) is 8.78 Å². The van der Waals surface area contributed by atoms with Crippen LogP contribution < -0.4 is 4.74 Å². The lowest BCUT2D eigenvalue weighted by Gasteiger charge is -2.18. The second-order valence-electron chi connectivity index (χ2n) is 6.51. The molecule has 0 N–H and O–H groups in total. The van der Waals surface area contributed by atoms with Gasteiger partial charge in [-0.15, -0.1) is 0 Å². The van der Waals surface area contributed by atoms with Crippen LogP contribution in [0.15, 0.2) is 35.2 Å². The molecule has 1 amide bonds. The van der Waals surface area contributed by atoms with Crippen LogP contribution >= 0.6 is 0 Å². The molecule has 1 fully saturated rings. The first-order chi connectivity index (χ1) is 13.2. The van der Waals surface area contributed by atoms with Crippen molar-refractivity contribution in [2.45, 2.75) is 37.0 Å². The standard InChI is InChI=1S/C18H19F2N3O4S/c1-11-9-12(2)22-18(21-11)27-13-7-8-23(10-13)16(24)14-5-3-4-6-15(14)28(25,26)17(19)20/h3-6,9,13,17H,7-8,10H2,1-2H3/t13-/m1/s1. The lowest BCUT2D eigenvalue weighted by Crippen LogP contribution is -2.32. The molecule has 0 radical (unpaired) electrons. The number of rotatable bonds is 5. The number of nitrogens with zero attached hydrogens (tertiary/aromatic N) is 3. The Labute approximate surface area is 161 Å². The zero-order chi connectivity index (χ0) is 20.5. The topological polar surface area (TPSA) is 89.5 Å². The second-order valence-corrected chi connectivity index (χ2v) is 8.40. The number of amides is 1. The molecule has 0 unspecified atom stereocenters. The van der Waals surface area contributed by atoms with Crippen molar-refractivity contribution in [1.82, 2.24) is 14.9 Å². The van der Waals surface area contributed by atoms with E-state index in [0.717, 1.165) is 17.5 Å². The Morgan fingerprint density at radius 1 is 1.21 bits per heavy atom. The van der Waals surface area contributed by atoms with Crippen molar-refractivity contribution in [2.24, 2.45) is 0 Å². The zero-order valence-electron chi connectivity index (χ0n) is 15.3. The smallest absolute Gasteiger partial charge is 0.341 e. The van der Waals surface area contributed by atoms with E-state index in [4.69, 9.17) is 4.74 Å². The van der Waals surface area contributed by atoms with Crippen LogP contribution in [0.1, 0.15) is 28.2 Å². The minimum atomic E-state index is -4.89. The number of halogens is 2. The molecule has 3 rings (SSSR count). The average Bonchev–Trinajstić information content (AvgIpc) is 3.08. The molecular weight excluding hydrogens is 392 g/mol. The van der Waals surface area contributed by atoms with E-state index < -0.39 is 26.4 Å². The van der Waals surface area contributed by atoms with Crippen LogP contribution in [0.4, 0.5) is 8.78 Å². The molecule has 1 aromatic heterocycles. The Kier molecular flexibility index (Phi) is 5.59. The number of carbonyl (C=O) groups is 1. The number of likely N-dealkylation sites (tertiary alicyclic amines) is 1. The minimum absolute atomic E-state index is 0.179. The number of ether oxygens (including phenoxy) is 1. The predicted octanol–water partition coefficient (Wildman–Crippen LogP) is 2.38. The van der Waals surface area contributed by atoms with Crippen molar-refractivity contribution in [3.05, 3.63) is 47.3 Å². The number of sulfone groups is 1. The number of alkyl halides is 2. The summed E-state index contributed by atoms with van der Waals surface area (Å²) in [5.74, 6) is -4.23. The van der Waals surface area contributed by atoms with E-state index in [1.165, 1.54) is 23.1 Å². The van der Waals surface area contributed by atoms with E-state index >= 15 is 0 Å². The van der Waals surface area contributed by atoms with Crippen molar-refractivity contribution in [1.29, 1.82) is 0 Å². The molecule has 0 saturated carbocycles. The summed E-state index contributed by atoms with van der Waals surface area (Å²) in [6.07, 6.45) is 0.121. The lowest BCUT2D eigenvalue weighted by atomic mass is 10.2. The van der Waals surface area contributed by atoms with Gasteiger partial charge in [-0.25, -0.2) is 18.4 Å². The van der Waals surface area contributed by atoms with Gasteiger partial charge in [0.05, 0.1) is 17.0 Å². The first-order valence-corrected chi connectivity index (χ1v) is 10.1. The summed E-state index contributed by atoms with van der Waals surface area (Å²) in [4.78, 5) is 21.9. The van der Waals surface area contributed by atoms with Crippen molar-refractivity contribution < 1.29 is 26.7 Å². The van der Waals surface area contributed by atoms with Crippen molar-refractivity contribution in [2.75, 3.05) is 13.1 Å². The Bertz CT molecular complexity index is 978. The predicted molar refractivity (Wildman–Crippen MR) is 96.1 cm³/mol. The normalized spacial score (nSPS) is 17.2. The molecule has 1 aliphatic heterocycles. The van der Waals surface area contributed by atoms with Gasteiger partial charge >= 0.3 is 11.8 Å². The van der Waals surface area contributed by atoms with Gasteiger partial charge < -0.3 is 9.64 Å².